The Morgan fingerprint density at radius 3 is 2.55 bits per heavy atom. The van der Waals surface area contributed by atoms with Crippen molar-refractivity contribution < 1.29 is 32.6 Å². The summed E-state index contributed by atoms with van der Waals surface area (Å²) in [5.41, 5.74) is 0.732. The number of para-hydroxylation sites is 1. The number of rotatable bonds is 4. The lowest BCUT2D eigenvalue weighted by Crippen LogP contribution is -2.52. The molecule has 2 unspecified atom stereocenters. The average molecular weight is 457 g/mol. The summed E-state index contributed by atoms with van der Waals surface area (Å²) in [6, 6.07) is 9.10. The molecule has 2 atom stereocenters. The number of hydrogen-bond donors (Lipinski definition) is 2. The molecule has 6 nitrogen and oxygen atoms in total. The van der Waals surface area contributed by atoms with Crippen LogP contribution in [-0.4, -0.2) is 46.9 Å². The van der Waals surface area contributed by atoms with E-state index in [2.05, 4.69) is 10.1 Å². The van der Waals surface area contributed by atoms with E-state index < -0.39 is 30.2 Å². The zero-order chi connectivity index (χ0) is 22.8. The topological polar surface area (TPSA) is 78.9 Å². The Hall–Kier alpha value is -2.78. The number of nitrogens with zero attached hydrogens (tertiary/aromatic N) is 1. The maximum Gasteiger partial charge on any atom is 0.573 e. The van der Waals surface area contributed by atoms with E-state index in [1.807, 2.05) is 0 Å². The highest BCUT2D eigenvalue weighted by Gasteiger charge is 2.34. The van der Waals surface area contributed by atoms with Crippen molar-refractivity contribution in [1.29, 1.82) is 0 Å². The molecule has 0 aliphatic carbocycles. The first-order valence-electron chi connectivity index (χ1n) is 9.46. The number of aliphatic hydroxyl groups is 1. The fraction of sp³-hybridized carbons (Fsp3) is 0.333. The molecule has 2 N–H and O–H groups in total. The maximum atomic E-state index is 12.7. The van der Waals surface area contributed by atoms with Gasteiger partial charge in [0.2, 0.25) is 11.8 Å². The van der Waals surface area contributed by atoms with Crippen LogP contribution in [0.5, 0.6) is 5.75 Å². The lowest BCUT2D eigenvalue weighted by molar-refractivity contribution is -0.274. The number of halogens is 4. The van der Waals surface area contributed by atoms with Crippen molar-refractivity contribution in [2.24, 2.45) is 0 Å². The molecule has 0 spiro atoms. The second-order valence-corrected chi connectivity index (χ2v) is 7.54. The largest absolute Gasteiger partial charge is 0.573 e. The van der Waals surface area contributed by atoms with Crippen molar-refractivity contribution in [3.8, 4) is 16.9 Å². The van der Waals surface area contributed by atoms with Gasteiger partial charge in [-0.3, -0.25) is 9.59 Å². The van der Waals surface area contributed by atoms with Crippen molar-refractivity contribution in [2.75, 3.05) is 11.9 Å². The van der Waals surface area contributed by atoms with Crippen molar-refractivity contribution in [3.05, 3.63) is 47.5 Å². The summed E-state index contributed by atoms with van der Waals surface area (Å²) in [7, 11) is 0. The molecule has 2 aromatic rings. The van der Waals surface area contributed by atoms with Gasteiger partial charge in [0.05, 0.1) is 11.1 Å². The number of likely N-dealkylation sites (tertiary alicyclic amines) is 1. The number of nitrogens with one attached hydrogen (secondary N) is 1. The van der Waals surface area contributed by atoms with Crippen molar-refractivity contribution in [3.63, 3.8) is 0 Å². The third kappa shape index (κ3) is 5.68. The second kappa shape index (κ2) is 9.15. The van der Waals surface area contributed by atoms with Crippen LogP contribution in [0.3, 0.4) is 0 Å². The smallest absolute Gasteiger partial charge is 0.405 e. The van der Waals surface area contributed by atoms with Gasteiger partial charge in [-0.15, -0.1) is 13.2 Å². The summed E-state index contributed by atoms with van der Waals surface area (Å²) in [6.07, 6.45) is -5.05. The highest BCUT2D eigenvalue weighted by Crippen LogP contribution is 2.38. The summed E-state index contributed by atoms with van der Waals surface area (Å²) in [4.78, 5) is 25.9. The normalized spacial score (nSPS) is 19.1. The minimum atomic E-state index is -4.86. The Morgan fingerprint density at radius 2 is 1.90 bits per heavy atom. The summed E-state index contributed by atoms with van der Waals surface area (Å²) in [6.45, 7) is 1.62. The molecule has 0 bridgehead atoms. The molecule has 1 saturated heterocycles. The third-order valence-corrected chi connectivity index (χ3v) is 5.23. The number of ether oxygens (including phenoxy) is 1. The molecule has 10 heteroatoms. The van der Waals surface area contributed by atoms with E-state index in [-0.39, 0.29) is 35.0 Å². The number of benzene rings is 2. The van der Waals surface area contributed by atoms with Crippen LogP contribution >= 0.6 is 11.6 Å². The van der Waals surface area contributed by atoms with Crippen LogP contribution in [0, 0.1) is 0 Å². The Balaban J connectivity index is 1.82. The van der Waals surface area contributed by atoms with Crippen LogP contribution in [0.4, 0.5) is 18.9 Å². The molecular formula is C21H20ClF3N2O4. The Morgan fingerprint density at radius 1 is 1.19 bits per heavy atom. The van der Waals surface area contributed by atoms with Crippen LogP contribution in [0.2, 0.25) is 5.02 Å². The molecule has 1 aliphatic heterocycles. The number of carbonyl (C=O) groups excluding carboxylic acids is 2. The quantitative estimate of drug-likeness (QED) is 0.722. The molecule has 31 heavy (non-hydrogen) atoms. The molecular weight excluding hydrogens is 437 g/mol. The minimum Gasteiger partial charge on any atom is -0.405 e. The predicted molar refractivity (Wildman–Crippen MR) is 109 cm³/mol. The molecule has 2 amide bonds. The van der Waals surface area contributed by atoms with Crippen LogP contribution in [0.15, 0.2) is 42.5 Å². The molecule has 1 fully saturated rings. The maximum absolute atomic E-state index is 12.7. The number of anilines is 1. The number of amides is 2. The van der Waals surface area contributed by atoms with Gasteiger partial charge in [0.25, 0.3) is 0 Å². The first-order chi connectivity index (χ1) is 14.5. The van der Waals surface area contributed by atoms with Crippen LogP contribution in [-0.2, 0) is 9.59 Å². The Kier molecular flexibility index (Phi) is 6.76. The summed E-state index contributed by atoms with van der Waals surface area (Å²) < 4.78 is 42.1. The monoisotopic (exact) mass is 456 g/mol. The van der Waals surface area contributed by atoms with Gasteiger partial charge >= 0.3 is 6.36 Å². The van der Waals surface area contributed by atoms with E-state index in [4.69, 9.17) is 11.6 Å². The van der Waals surface area contributed by atoms with E-state index in [0.717, 1.165) is 0 Å². The lowest BCUT2D eigenvalue weighted by atomic mass is 9.98. The summed E-state index contributed by atoms with van der Waals surface area (Å²) in [5, 5.41) is 12.6. The van der Waals surface area contributed by atoms with Crippen molar-refractivity contribution in [2.45, 2.75) is 38.3 Å². The van der Waals surface area contributed by atoms with Crippen molar-refractivity contribution >= 4 is 29.1 Å². The molecule has 1 heterocycles. The van der Waals surface area contributed by atoms with E-state index in [1.165, 1.54) is 48.2 Å². The SMILES string of the molecule is CC(=O)N1CCC(O)CC1C(=O)Nc1ccc(-c2ccccc2OC(F)(F)F)c(Cl)c1. The molecule has 166 valence electrons. The molecule has 3 rings (SSSR count). The van der Waals surface area contributed by atoms with Crippen LogP contribution in [0.1, 0.15) is 19.8 Å². The fourth-order valence-corrected chi connectivity index (χ4v) is 3.79. The van der Waals surface area contributed by atoms with Crippen molar-refractivity contribution in [1.82, 2.24) is 4.90 Å². The number of carbonyl (C=O) groups is 2. The van der Waals surface area contributed by atoms with Gasteiger partial charge in [0.1, 0.15) is 11.8 Å². The molecule has 1 aliphatic rings. The number of aliphatic hydroxyl groups excluding tert-OH is 1. The van der Waals surface area contributed by atoms with Gasteiger partial charge in [-0.2, -0.15) is 0 Å². The van der Waals surface area contributed by atoms with E-state index in [9.17, 15) is 27.9 Å². The van der Waals surface area contributed by atoms with Gasteiger partial charge in [-0.1, -0.05) is 35.9 Å². The number of piperidine rings is 1. The fourth-order valence-electron chi connectivity index (χ4n) is 3.51. The first-order valence-corrected chi connectivity index (χ1v) is 9.84. The highest BCUT2D eigenvalue weighted by atomic mass is 35.5. The standard InChI is InChI=1S/C21H20ClF3N2O4/c1-12(28)27-9-8-14(29)11-18(27)20(30)26-13-6-7-15(17(22)10-13)16-4-2-3-5-19(16)31-21(23,24)25/h2-7,10,14,18,29H,8-9,11H2,1H3,(H,26,30). The highest BCUT2D eigenvalue weighted by molar-refractivity contribution is 6.33. The molecule has 2 aromatic carbocycles. The Bertz CT molecular complexity index is 983. The van der Waals surface area contributed by atoms with E-state index >= 15 is 0 Å². The number of hydrogen-bond acceptors (Lipinski definition) is 4. The van der Waals surface area contributed by atoms with Gasteiger partial charge in [0.15, 0.2) is 0 Å². The predicted octanol–water partition coefficient (Wildman–Crippen LogP) is 4.22. The van der Waals surface area contributed by atoms with Gasteiger partial charge in [-0.25, -0.2) is 0 Å². The van der Waals surface area contributed by atoms with Crippen LogP contribution in [0.25, 0.3) is 11.1 Å². The zero-order valence-electron chi connectivity index (χ0n) is 16.4. The van der Waals surface area contributed by atoms with Crippen LogP contribution < -0.4 is 10.1 Å². The first kappa shape index (κ1) is 22.9. The molecule has 0 aromatic heterocycles. The lowest BCUT2D eigenvalue weighted by Gasteiger charge is -2.36. The Labute approximate surface area is 181 Å². The average Bonchev–Trinajstić information content (AvgIpc) is 2.67. The second-order valence-electron chi connectivity index (χ2n) is 7.13. The molecule has 0 radical (unpaired) electrons. The number of alkyl halides is 3. The van der Waals surface area contributed by atoms with Gasteiger partial charge < -0.3 is 20.1 Å². The third-order valence-electron chi connectivity index (χ3n) is 4.92. The van der Waals surface area contributed by atoms with Gasteiger partial charge in [-0.05, 0) is 24.6 Å². The minimum absolute atomic E-state index is 0.100. The van der Waals surface area contributed by atoms with E-state index in [0.29, 0.717) is 12.1 Å². The molecule has 0 saturated carbocycles. The van der Waals surface area contributed by atoms with Gasteiger partial charge in [0, 0.05) is 36.7 Å². The summed E-state index contributed by atoms with van der Waals surface area (Å²) >= 11 is 6.29. The summed E-state index contributed by atoms with van der Waals surface area (Å²) in [5.74, 6) is -1.16. The zero-order valence-corrected chi connectivity index (χ0v) is 17.2. The van der Waals surface area contributed by atoms with E-state index in [1.54, 1.807) is 6.07 Å².